The first-order chi connectivity index (χ1) is 32.4. The second-order valence-corrected chi connectivity index (χ2v) is 19.7. The minimum Gasteiger partial charge on any atom is -0.462 e. The number of amides is 4. The number of aryl methyl sites for hydroxylation is 1. The molecule has 8 bridgehead atoms. The molecule has 68 heavy (non-hydrogen) atoms. The number of alkyl halides is 1. The second-order valence-electron chi connectivity index (χ2n) is 18.9. The molecule has 17 heteroatoms. The van der Waals surface area contributed by atoms with Crippen molar-refractivity contribution in [3.8, 4) is 0 Å². The van der Waals surface area contributed by atoms with E-state index in [9.17, 15) is 19.2 Å². The summed E-state index contributed by atoms with van der Waals surface area (Å²) in [7, 11) is 1.70. The number of imide groups is 1. The Labute approximate surface area is 406 Å². The number of fused-ring (bicyclic) bond motifs is 8. The Morgan fingerprint density at radius 2 is 1.68 bits per heavy atom. The predicted molar refractivity (Wildman–Crippen MR) is 266 cm³/mol. The van der Waals surface area contributed by atoms with Crippen LogP contribution in [-0.2, 0) is 23.8 Å². The summed E-state index contributed by atoms with van der Waals surface area (Å²) < 4.78 is 16.4. The number of H-pyrrole nitrogens is 2. The van der Waals surface area contributed by atoms with Crippen molar-refractivity contribution in [2.75, 3.05) is 71.5 Å². The minimum absolute atomic E-state index is 0.131. The highest BCUT2D eigenvalue weighted by Gasteiger charge is 2.41. The number of carbonyl (C=O) groups is 5. The van der Waals surface area contributed by atoms with Gasteiger partial charge in [0.25, 0.3) is 11.8 Å². The summed E-state index contributed by atoms with van der Waals surface area (Å²) in [6, 6.07) is 5.89. The number of esters is 1. The lowest BCUT2D eigenvalue weighted by atomic mass is 9.84. The highest BCUT2D eigenvalue weighted by Crippen LogP contribution is 2.45. The predicted octanol–water partition coefficient (Wildman–Crippen LogP) is 8.08. The maximum Gasteiger partial charge on any atom is 0.407 e. The first-order valence-corrected chi connectivity index (χ1v) is 24.8. The third-order valence-corrected chi connectivity index (χ3v) is 13.8. The van der Waals surface area contributed by atoms with E-state index in [0.717, 1.165) is 44.7 Å². The standard InChI is InChI=1S/C51H65BrN8O8/c1-10-33-29(2)37-27-41-34(13-15-43(62)67-23-11-16-52)30(3)36(55-41)26-38-31(4)35(12-14-42(61)58(9)18-17-53-50(65)68-51(6,7)8)46(56-38)45-47-44(32(5)39(57-47)28-40(33)54-37)48(63)60(49(45)64)20-19-59-21-24-66-25-22-59/h13,15,26-28,31,35,56-57H,10-12,14,16-25H2,1-9H3,(H,53,65)/b15-13+,38-26?,40-28?,41-27?,46-45?/t31-,35-/m0/s1. The summed E-state index contributed by atoms with van der Waals surface area (Å²) in [6.45, 7) is 19.4. The van der Waals surface area contributed by atoms with Crippen LogP contribution in [0.4, 0.5) is 4.79 Å². The van der Waals surface area contributed by atoms with Crippen molar-refractivity contribution in [1.29, 1.82) is 0 Å². The number of alkyl carbamates (subject to hydrolysis) is 1. The minimum atomic E-state index is -0.652. The van der Waals surface area contributed by atoms with Gasteiger partial charge in [-0.05, 0) is 107 Å². The van der Waals surface area contributed by atoms with Crippen molar-refractivity contribution in [3.63, 3.8) is 0 Å². The van der Waals surface area contributed by atoms with Crippen molar-refractivity contribution in [2.45, 2.75) is 98.5 Å². The molecule has 0 saturated carbocycles. The number of nitrogens with zero attached hydrogens (tertiary/aromatic N) is 5. The molecular formula is C51H65BrN8O8. The van der Waals surface area contributed by atoms with Gasteiger partial charge in [-0.2, -0.15) is 0 Å². The first kappa shape index (κ1) is 50.2. The molecule has 7 heterocycles. The quantitative estimate of drug-likeness (QED) is 0.0514. The molecule has 5 aliphatic heterocycles. The van der Waals surface area contributed by atoms with Gasteiger partial charge in [0, 0.05) is 98.5 Å². The molecule has 16 nitrogen and oxygen atoms in total. The summed E-state index contributed by atoms with van der Waals surface area (Å²) in [5.74, 6) is -1.98. The van der Waals surface area contributed by atoms with Gasteiger partial charge >= 0.3 is 12.1 Å². The van der Waals surface area contributed by atoms with Crippen LogP contribution in [0, 0.1) is 6.92 Å². The number of hydrogen-bond acceptors (Lipinski definition) is 11. The highest BCUT2D eigenvalue weighted by atomic mass is 79.9. The molecule has 0 radical (unpaired) electrons. The van der Waals surface area contributed by atoms with Crippen LogP contribution >= 0.6 is 15.9 Å². The van der Waals surface area contributed by atoms with Gasteiger partial charge in [-0.3, -0.25) is 24.2 Å². The van der Waals surface area contributed by atoms with Gasteiger partial charge < -0.3 is 34.4 Å². The van der Waals surface area contributed by atoms with Gasteiger partial charge in [-0.25, -0.2) is 19.6 Å². The molecule has 2 aromatic rings. The number of ether oxygens (including phenoxy) is 3. The average Bonchev–Trinajstić information content (AvgIpc) is 3.97. The molecule has 0 aromatic carbocycles. The Hall–Kier alpha value is -5.65. The van der Waals surface area contributed by atoms with Gasteiger partial charge in [0.15, 0.2) is 0 Å². The maximum atomic E-state index is 15.2. The SMILES string of the molecule is CCC1=C(C)c2cc3nc(cc4[nH]c(c5c6[nH]c(cc1n2)c(C)c6C(=O)N(CCN1CCOCC1)C5=O)[C@@H](CCC(=O)N(C)CCNC(=O)OC(C)(C)C)[C@@H]4C)C(C)=C3/C=C/C(=O)OCCCBr. The lowest BCUT2D eigenvalue weighted by Crippen LogP contribution is -2.47. The average molecular weight is 998 g/mol. The molecule has 1 saturated heterocycles. The number of carbonyl (C=O) groups excluding carboxylic acids is 5. The van der Waals surface area contributed by atoms with Gasteiger partial charge in [-0.1, -0.05) is 29.8 Å². The molecule has 0 spiro atoms. The smallest absolute Gasteiger partial charge is 0.407 e. The molecule has 0 unspecified atom stereocenters. The summed E-state index contributed by atoms with van der Waals surface area (Å²) >= 11 is 3.38. The van der Waals surface area contributed by atoms with Crippen molar-refractivity contribution >= 4 is 79.0 Å². The summed E-state index contributed by atoms with van der Waals surface area (Å²) in [5, 5.41) is 3.44. The third kappa shape index (κ3) is 10.9. The molecule has 1 fully saturated rings. The van der Waals surface area contributed by atoms with E-state index < -0.39 is 23.6 Å². The number of hydrogen-bond donors (Lipinski definition) is 3. The van der Waals surface area contributed by atoms with E-state index in [2.05, 4.69) is 50.0 Å². The Bertz CT molecular complexity index is 2650. The Balaban J connectivity index is 1.38. The fraction of sp³-hybridized carbons (Fsp3) is 0.510. The monoisotopic (exact) mass is 996 g/mol. The Kier molecular flexibility index (Phi) is 15.8. The molecule has 2 aromatic heterocycles. The number of allylic oxidation sites excluding steroid dienone is 5. The topological polar surface area (TPSA) is 192 Å². The molecule has 7 rings (SSSR count). The lowest BCUT2D eigenvalue weighted by Gasteiger charge is -2.31. The van der Waals surface area contributed by atoms with E-state index in [4.69, 9.17) is 24.2 Å². The van der Waals surface area contributed by atoms with E-state index in [-0.39, 0.29) is 49.7 Å². The molecule has 0 aliphatic carbocycles. The van der Waals surface area contributed by atoms with E-state index >= 15 is 4.79 Å². The summed E-state index contributed by atoms with van der Waals surface area (Å²) in [6.07, 6.45) is 4.51. The van der Waals surface area contributed by atoms with E-state index in [1.54, 1.807) is 38.8 Å². The molecule has 3 N–H and O–H groups in total. The molecular weight excluding hydrogens is 933 g/mol. The molecule has 2 atom stereocenters. The van der Waals surface area contributed by atoms with Gasteiger partial charge in [0.1, 0.15) is 5.60 Å². The van der Waals surface area contributed by atoms with Gasteiger partial charge in [-0.15, -0.1) is 0 Å². The van der Waals surface area contributed by atoms with Crippen LogP contribution in [0.15, 0.2) is 30.4 Å². The number of morpholine rings is 1. The highest BCUT2D eigenvalue weighted by molar-refractivity contribution is 9.09. The van der Waals surface area contributed by atoms with Gasteiger partial charge in [0.2, 0.25) is 5.91 Å². The number of rotatable bonds is 15. The zero-order valence-corrected chi connectivity index (χ0v) is 42.4. The number of aromatic amines is 2. The number of halogens is 1. The van der Waals surface area contributed by atoms with Crippen LogP contribution in [0.25, 0.3) is 33.3 Å². The van der Waals surface area contributed by atoms with E-state index in [1.165, 1.54) is 11.0 Å². The normalized spacial score (nSPS) is 18.1. The Morgan fingerprint density at radius 1 is 0.971 bits per heavy atom. The Morgan fingerprint density at radius 3 is 2.38 bits per heavy atom. The molecule has 4 amide bonds. The maximum absolute atomic E-state index is 15.2. The zero-order valence-electron chi connectivity index (χ0n) is 40.8. The van der Waals surface area contributed by atoms with E-state index in [0.29, 0.717) is 104 Å². The zero-order chi connectivity index (χ0) is 49.0. The van der Waals surface area contributed by atoms with Gasteiger partial charge in [0.05, 0.1) is 59.2 Å². The first-order valence-electron chi connectivity index (χ1n) is 23.7. The fourth-order valence-electron chi connectivity index (χ4n) is 9.31. The summed E-state index contributed by atoms with van der Waals surface area (Å²) in [4.78, 5) is 91.6. The number of likely N-dealkylation sites (N-methyl/N-ethyl adjacent to an activating group) is 1. The number of aromatic nitrogens is 4. The largest absolute Gasteiger partial charge is 0.462 e. The van der Waals surface area contributed by atoms with Crippen LogP contribution in [0.1, 0.15) is 146 Å². The summed E-state index contributed by atoms with van der Waals surface area (Å²) in [5.41, 5.74) is 9.66. The molecule has 364 valence electrons. The fourth-order valence-corrected chi connectivity index (χ4v) is 9.54. The third-order valence-electron chi connectivity index (χ3n) is 13.2. The van der Waals surface area contributed by atoms with Crippen molar-refractivity contribution in [2.24, 2.45) is 0 Å². The van der Waals surface area contributed by atoms with Crippen LogP contribution < -0.4 is 5.32 Å². The second kappa shape index (κ2) is 21.3. The van der Waals surface area contributed by atoms with Crippen molar-refractivity contribution in [1.82, 2.24) is 40.0 Å². The lowest BCUT2D eigenvalue weighted by molar-refractivity contribution is -0.137. The van der Waals surface area contributed by atoms with Crippen LogP contribution in [0.5, 0.6) is 0 Å². The van der Waals surface area contributed by atoms with Crippen molar-refractivity contribution < 1.29 is 38.2 Å². The van der Waals surface area contributed by atoms with Crippen molar-refractivity contribution in [3.05, 3.63) is 81.2 Å². The van der Waals surface area contributed by atoms with Crippen LogP contribution in [0.3, 0.4) is 0 Å². The van der Waals surface area contributed by atoms with Crippen LogP contribution in [-0.4, -0.2) is 141 Å². The van der Waals surface area contributed by atoms with Crippen LogP contribution in [0.2, 0.25) is 0 Å². The molecule has 5 aliphatic rings. The number of nitrogens with one attached hydrogen (secondary N) is 3. The van der Waals surface area contributed by atoms with E-state index in [1.807, 2.05) is 39.0 Å².